The van der Waals surface area contributed by atoms with Crippen molar-refractivity contribution < 1.29 is 14.3 Å². The number of nitrogens with one attached hydrogen (secondary N) is 2. The van der Waals surface area contributed by atoms with E-state index in [0.717, 1.165) is 49.2 Å². The van der Waals surface area contributed by atoms with Crippen LogP contribution in [0.25, 0.3) is 0 Å². The van der Waals surface area contributed by atoms with Gasteiger partial charge in [0.2, 0.25) is 5.91 Å². The molecule has 1 atom stereocenters. The highest BCUT2D eigenvalue weighted by atomic mass is 35.5. The number of ether oxygens (including phenoxy) is 2. The fourth-order valence-electron chi connectivity index (χ4n) is 3.80. The van der Waals surface area contributed by atoms with E-state index in [0.29, 0.717) is 26.4 Å². The van der Waals surface area contributed by atoms with Gasteiger partial charge in [-0.3, -0.25) is 4.79 Å². The van der Waals surface area contributed by atoms with E-state index in [1.165, 1.54) is 0 Å². The van der Waals surface area contributed by atoms with Crippen LogP contribution in [0.15, 0.2) is 18.2 Å². The Labute approximate surface area is 162 Å². The lowest BCUT2D eigenvalue weighted by Gasteiger charge is -2.23. The van der Waals surface area contributed by atoms with E-state index in [2.05, 4.69) is 16.7 Å². The van der Waals surface area contributed by atoms with Crippen molar-refractivity contribution in [3.8, 4) is 5.75 Å². The Morgan fingerprint density at radius 2 is 2.08 bits per heavy atom. The topological polar surface area (TPSA) is 59.6 Å². The van der Waals surface area contributed by atoms with Gasteiger partial charge in [-0.2, -0.15) is 0 Å². The minimum absolute atomic E-state index is 0. The maximum atomic E-state index is 12.5. The molecule has 2 aliphatic rings. The van der Waals surface area contributed by atoms with Crippen molar-refractivity contribution in [1.82, 2.24) is 10.6 Å². The third-order valence-electron chi connectivity index (χ3n) is 5.47. The summed E-state index contributed by atoms with van der Waals surface area (Å²) in [7, 11) is 0. The molecule has 26 heavy (non-hydrogen) atoms. The minimum Gasteiger partial charge on any atom is -0.491 e. The van der Waals surface area contributed by atoms with Crippen LogP contribution in [0.4, 0.5) is 0 Å². The number of aryl methyl sites for hydroxylation is 1. The Morgan fingerprint density at radius 3 is 2.81 bits per heavy atom. The predicted octanol–water partition coefficient (Wildman–Crippen LogP) is 2.84. The molecule has 0 bridgehead atoms. The molecular formula is C20H31ClN2O3. The third kappa shape index (κ3) is 5.12. The molecule has 1 saturated heterocycles. The number of piperidine rings is 1. The largest absolute Gasteiger partial charge is 0.491 e. The molecule has 2 fully saturated rings. The number of benzene rings is 1. The molecule has 1 aliphatic carbocycles. The summed E-state index contributed by atoms with van der Waals surface area (Å²) in [6.07, 6.45) is 3.30. The maximum absolute atomic E-state index is 12.5. The van der Waals surface area contributed by atoms with Crippen LogP contribution in [0.3, 0.4) is 0 Å². The van der Waals surface area contributed by atoms with E-state index in [1.54, 1.807) is 0 Å². The average Bonchev–Trinajstić information content (AvgIpc) is 3.31. The van der Waals surface area contributed by atoms with Gasteiger partial charge in [0.05, 0.1) is 6.61 Å². The SMILES string of the molecule is CCOCCOc1cc(C)ccc1CNC(=O)C1CC12CCNCC2.Cl. The highest BCUT2D eigenvalue weighted by Gasteiger charge is 2.57. The lowest BCUT2D eigenvalue weighted by molar-refractivity contribution is -0.123. The molecule has 1 saturated carbocycles. The normalized spacial score (nSPS) is 20.3. The second-order valence-electron chi connectivity index (χ2n) is 7.24. The lowest BCUT2D eigenvalue weighted by atomic mass is 9.92. The molecule has 1 spiro atoms. The number of hydrogen-bond acceptors (Lipinski definition) is 4. The smallest absolute Gasteiger partial charge is 0.223 e. The number of halogens is 1. The van der Waals surface area contributed by atoms with Crippen LogP contribution in [0.2, 0.25) is 0 Å². The summed E-state index contributed by atoms with van der Waals surface area (Å²) in [5, 5.41) is 6.50. The van der Waals surface area contributed by atoms with Gasteiger partial charge in [-0.15, -0.1) is 12.4 Å². The predicted molar refractivity (Wildman–Crippen MR) is 105 cm³/mol. The van der Waals surface area contributed by atoms with Crippen molar-refractivity contribution in [2.45, 2.75) is 39.7 Å². The van der Waals surface area contributed by atoms with E-state index in [-0.39, 0.29) is 29.6 Å². The molecule has 1 aromatic rings. The minimum atomic E-state index is 0. The fourth-order valence-corrected chi connectivity index (χ4v) is 3.80. The summed E-state index contributed by atoms with van der Waals surface area (Å²) in [4.78, 5) is 12.5. The number of carbonyl (C=O) groups is 1. The lowest BCUT2D eigenvalue weighted by Crippen LogP contribution is -2.33. The summed E-state index contributed by atoms with van der Waals surface area (Å²) in [6.45, 7) is 8.42. The van der Waals surface area contributed by atoms with Gasteiger partial charge in [0.1, 0.15) is 12.4 Å². The van der Waals surface area contributed by atoms with Crippen LogP contribution in [0, 0.1) is 18.3 Å². The molecule has 2 N–H and O–H groups in total. The van der Waals surface area contributed by atoms with Gasteiger partial charge in [-0.25, -0.2) is 0 Å². The van der Waals surface area contributed by atoms with Crippen molar-refractivity contribution in [2.24, 2.45) is 11.3 Å². The van der Waals surface area contributed by atoms with Gasteiger partial charge < -0.3 is 20.1 Å². The molecule has 1 aromatic carbocycles. The summed E-state index contributed by atoms with van der Waals surface area (Å²) >= 11 is 0. The van der Waals surface area contributed by atoms with Gasteiger partial charge in [0.25, 0.3) is 0 Å². The maximum Gasteiger partial charge on any atom is 0.223 e. The molecule has 1 heterocycles. The van der Waals surface area contributed by atoms with Gasteiger partial charge in [-0.05, 0) is 63.2 Å². The molecule has 0 aromatic heterocycles. The number of carbonyl (C=O) groups excluding carboxylic acids is 1. The second kappa shape index (κ2) is 9.58. The molecular weight excluding hydrogens is 352 g/mol. The van der Waals surface area contributed by atoms with Gasteiger partial charge in [0.15, 0.2) is 0 Å². The molecule has 1 aliphatic heterocycles. The zero-order valence-corrected chi connectivity index (χ0v) is 16.6. The van der Waals surface area contributed by atoms with Crippen molar-refractivity contribution in [1.29, 1.82) is 0 Å². The quantitative estimate of drug-likeness (QED) is 0.679. The Morgan fingerprint density at radius 1 is 1.31 bits per heavy atom. The molecule has 146 valence electrons. The van der Waals surface area contributed by atoms with Gasteiger partial charge >= 0.3 is 0 Å². The molecule has 1 unspecified atom stereocenters. The van der Waals surface area contributed by atoms with E-state index >= 15 is 0 Å². The highest BCUT2D eigenvalue weighted by molar-refractivity contribution is 5.85. The Balaban J connectivity index is 0.00000243. The first kappa shape index (κ1) is 21.0. The number of hydrogen-bond donors (Lipinski definition) is 2. The third-order valence-corrected chi connectivity index (χ3v) is 5.47. The highest BCUT2D eigenvalue weighted by Crippen LogP contribution is 2.58. The van der Waals surface area contributed by atoms with Crippen LogP contribution in [-0.4, -0.2) is 38.8 Å². The Bertz CT molecular complexity index is 603. The van der Waals surface area contributed by atoms with Crippen molar-refractivity contribution in [3.63, 3.8) is 0 Å². The summed E-state index contributed by atoms with van der Waals surface area (Å²) in [5.74, 6) is 1.23. The molecule has 5 nitrogen and oxygen atoms in total. The molecule has 1 amide bonds. The van der Waals surface area contributed by atoms with Crippen molar-refractivity contribution in [3.05, 3.63) is 29.3 Å². The first-order chi connectivity index (χ1) is 12.1. The van der Waals surface area contributed by atoms with Crippen molar-refractivity contribution in [2.75, 3.05) is 32.9 Å². The van der Waals surface area contributed by atoms with E-state index in [9.17, 15) is 4.79 Å². The van der Waals surface area contributed by atoms with Gasteiger partial charge in [0, 0.05) is 24.6 Å². The summed E-state index contributed by atoms with van der Waals surface area (Å²) in [6, 6.07) is 6.12. The van der Waals surface area contributed by atoms with Crippen LogP contribution in [0.1, 0.15) is 37.3 Å². The first-order valence-corrected chi connectivity index (χ1v) is 9.43. The van der Waals surface area contributed by atoms with E-state index in [1.807, 2.05) is 26.0 Å². The molecule has 6 heteroatoms. The van der Waals surface area contributed by atoms with Crippen LogP contribution >= 0.6 is 12.4 Å². The zero-order chi connectivity index (χ0) is 17.7. The van der Waals surface area contributed by atoms with Crippen LogP contribution < -0.4 is 15.4 Å². The Kier molecular flexibility index (Phi) is 7.74. The molecule has 3 rings (SSSR count). The number of rotatable bonds is 8. The number of amides is 1. The monoisotopic (exact) mass is 382 g/mol. The van der Waals surface area contributed by atoms with E-state index in [4.69, 9.17) is 9.47 Å². The summed E-state index contributed by atoms with van der Waals surface area (Å²) in [5.41, 5.74) is 2.45. The van der Waals surface area contributed by atoms with E-state index < -0.39 is 0 Å². The average molecular weight is 383 g/mol. The molecule has 0 radical (unpaired) electrons. The van der Waals surface area contributed by atoms with Crippen LogP contribution in [0.5, 0.6) is 5.75 Å². The first-order valence-electron chi connectivity index (χ1n) is 9.43. The standard InChI is InChI=1S/C20H30N2O3.ClH/c1-3-24-10-11-25-18-12-15(2)4-5-16(18)14-22-19(23)17-13-20(17)6-8-21-9-7-20;/h4-5,12,17,21H,3,6-11,13-14H2,1-2H3,(H,22,23);1H. The van der Waals surface area contributed by atoms with Crippen LogP contribution in [-0.2, 0) is 16.1 Å². The summed E-state index contributed by atoms with van der Waals surface area (Å²) < 4.78 is 11.2. The fraction of sp³-hybridized carbons (Fsp3) is 0.650. The van der Waals surface area contributed by atoms with Crippen molar-refractivity contribution >= 4 is 18.3 Å². The zero-order valence-electron chi connectivity index (χ0n) is 15.8. The van der Waals surface area contributed by atoms with Gasteiger partial charge in [-0.1, -0.05) is 12.1 Å². The second-order valence-corrected chi connectivity index (χ2v) is 7.24. The Hall–Kier alpha value is -1.30.